The Balaban J connectivity index is 1.98. The summed E-state index contributed by atoms with van der Waals surface area (Å²) in [5.41, 5.74) is 3.96. The van der Waals surface area contributed by atoms with Gasteiger partial charge in [0.15, 0.2) is 5.58 Å². The number of aromatic nitrogens is 1. The number of aldehydes is 1. The van der Waals surface area contributed by atoms with E-state index in [2.05, 4.69) is 10.3 Å². The number of oxazole rings is 1. The van der Waals surface area contributed by atoms with Crippen molar-refractivity contribution in [3.8, 4) is 0 Å². The molecule has 0 aliphatic carbocycles. The standard InChI is InChI=1S/C15H12N2O2/c1-10-4-2-3-5-12(10)16-15-17-13-7-6-11(9-18)8-14(13)19-15/h2-9H,1H3,(H,16,17). The lowest BCUT2D eigenvalue weighted by Crippen LogP contribution is -1.92. The van der Waals surface area contributed by atoms with E-state index in [0.717, 1.165) is 23.1 Å². The molecule has 0 saturated carbocycles. The highest BCUT2D eigenvalue weighted by atomic mass is 16.4. The minimum absolute atomic E-state index is 0.423. The normalized spacial score (nSPS) is 10.6. The second-order valence-corrected chi connectivity index (χ2v) is 4.30. The van der Waals surface area contributed by atoms with E-state index in [1.165, 1.54) is 0 Å². The first-order valence-corrected chi connectivity index (χ1v) is 5.95. The molecule has 19 heavy (non-hydrogen) atoms. The van der Waals surface area contributed by atoms with Crippen molar-refractivity contribution in [2.45, 2.75) is 6.92 Å². The average molecular weight is 252 g/mol. The van der Waals surface area contributed by atoms with Crippen LogP contribution in [0.3, 0.4) is 0 Å². The third-order valence-electron chi connectivity index (χ3n) is 2.94. The van der Waals surface area contributed by atoms with Gasteiger partial charge in [0, 0.05) is 11.3 Å². The highest BCUT2D eigenvalue weighted by molar-refractivity contribution is 5.84. The third-order valence-corrected chi connectivity index (χ3v) is 2.94. The van der Waals surface area contributed by atoms with Gasteiger partial charge in [-0.2, -0.15) is 4.98 Å². The summed E-state index contributed by atoms with van der Waals surface area (Å²) in [7, 11) is 0. The molecule has 0 atom stereocenters. The highest BCUT2D eigenvalue weighted by Gasteiger charge is 2.07. The van der Waals surface area contributed by atoms with Crippen molar-refractivity contribution >= 4 is 29.1 Å². The summed E-state index contributed by atoms with van der Waals surface area (Å²) in [4.78, 5) is 15.0. The van der Waals surface area contributed by atoms with Crippen LogP contribution in [-0.2, 0) is 0 Å². The van der Waals surface area contributed by atoms with Gasteiger partial charge >= 0.3 is 0 Å². The molecular formula is C15H12N2O2. The quantitative estimate of drug-likeness (QED) is 0.722. The molecule has 4 heteroatoms. The lowest BCUT2D eigenvalue weighted by molar-refractivity contribution is 0.112. The van der Waals surface area contributed by atoms with E-state index in [0.29, 0.717) is 17.2 Å². The zero-order valence-corrected chi connectivity index (χ0v) is 10.4. The van der Waals surface area contributed by atoms with Crippen molar-refractivity contribution in [1.29, 1.82) is 0 Å². The molecule has 1 aromatic heterocycles. The number of fused-ring (bicyclic) bond motifs is 1. The fourth-order valence-electron chi connectivity index (χ4n) is 1.90. The molecule has 0 unspecified atom stereocenters. The van der Waals surface area contributed by atoms with Gasteiger partial charge in [0.2, 0.25) is 0 Å². The largest absolute Gasteiger partial charge is 0.423 e. The summed E-state index contributed by atoms with van der Waals surface area (Å²) < 4.78 is 5.59. The Labute approximate surface area is 110 Å². The molecule has 0 aliphatic heterocycles. The fourth-order valence-corrected chi connectivity index (χ4v) is 1.90. The van der Waals surface area contributed by atoms with E-state index in [1.54, 1.807) is 18.2 Å². The first-order chi connectivity index (χ1) is 9.26. The molecule has 0 aliphatic rings. The van der Waals surface area contributed by atoms with Crippen LogP contribution in [-0.4, -0.2) is 11.3 Å². The van der Waals surface area contributed by atoms with E-state index in [1.807, 2.05) is 31.2 Å². The van der Waals surface area contributed by atoms with Crippen molar-refractivity contribution < 1.29 is 9.21 Å². The van der Waals surface area contributed by atoms with Crippen molar-refractivity contribution in [3.05, 3.63) is 53.6 Å². The first-order valence-electron chi connectivity index (χ1n) is 5.95. The van der Waals surface area contributed by atoms with Crippen LogP contribution in [0.15, 0.2) is 46.9 Å². The number of carbonyl (C=O) groups is 1. The van der Waals surface area contributed by atoms with Crippen molar-refractivity contribution in [3.63, 3.8) is 0 Å². The predicted octanol–water partition coefficient (Wildman–Crippen LogP) is 3.69. The first kappa shape index (κ1) is 11.5. The number of para-hydroxylation sites is 1. The van der Waals surface area contributed by atoms with E-state index in [9.17, 15) is 4.79 Å². The minimum Gasteiger partial charge on any atom is -0.423 e. The van der Waals surface area contributed by atoms with Crippen LogP contribution < -0.4 is 5.32 Å². The maximum Gasteiger partial charge on any atom is 0.300 e. The Morgan fingerprint density at radius 2 is 2.05 bits per heavy atom. The van der Waals surface area contributed by atoms with Crippen molar-refractivity contribution in [2.75, 3.05) is 5.32 Å². The van der Waals surface area contributed by atoms with Crippen LogP contribution in [0.5, 0.6) is 0 Å². The van der Waals surface area contributed by atoms with Gasteiger partial charge in [-0.25, -0.2) is 0 Å². The number of rotatable bonds is 3. The summed E-state index contributed by atoms with van der Waals surface area (Å²) in [6.07, 6.45) is 0.788. The molecular weight excluding hydrogens is 240 g/mol. The topological polar surface area (TPSA) is 55.1 Å². The Morgan fingerprint density at radius 3 is 2.84 bits per heavy atom. The number of benzene rings is 2. The van der Waals surface area contributed by atoms with E-state index < -0.39 is 0 Å². The lowest BCUT2D eigenvalue weighted by atomic mass is 10.2. The molecule has 4 nitrogen and oxygen atoms in total. The molecule has 2 aromatic carbocycles. The van der Waals surface area contributed by atoms with Crippen LogP contribution >= 0.6 is 0 Å². The number of hydrogen-bond donors (Lipinski definition) is 1. The molecule has 3 aromatic rings. The van der Waals surface area contributed by atoms with E-state index in [-0.39, 0.29) is 0 Å². The molecule has 0 saturated heterocycles. The Kier molecular flexibility index (Phi) is 2.76. The van der Waals surface area contributed by atoms with E-state index in [4.69, 9.17) is 4.42 Å². The Morgan fingerprint density at radius 1 is 1.21 bits per heavy atom. The highest BCUT2D eigenvalue weighted by Crippen LogP contribution is 2.24. The molecule has 0 spiro atoms. The molecule has 94 valence electrons. The molecule has 0 amide bonds. The minimum atomic E-state index is 0.423. The van der Waals surface area contributed by atoms with Gasteiger partial charge in [-0.3, -0.25) is 4.79 Å². The second-order valence-electron chi connectivity index (χ2n) is 4.30. The monoisotopic (exact) mass is 252 g/mol. The number of aryl methyl sites for hydroxylation is 1. The smallest absolute Gasteiger partial charge is 0.300 e. The summed E-state index contributed by atoms with van der Waals surface area (Å²) in [6.45, 7) is 2.01. The fraction of sp³-hybridized carbons (Fsp3) is 0.0667. The maximum absolute atomic E-state index is 10.7. The Bertz CT molecular complexity index is 747. The van der Waals surface area contributed by atoms with Gasteiger partial charge in [0.25, 0.3) is 6.01 Å². The number of anilines is 2. The molecule has 0 fully saturated rings. The molecule has 0 radical (unpaired) electrons. The van der Waals surface area contributed by atoms with Crippen molar-refractivity contribution in [2.24, 2.45) is 0 Å². The molecule has 3 rings (SSSR count). The summed E-state index contributed by atoms with van der Waals surface area (Å²) in [6, 6.07) is 13.5. The summed E-state index contributed by atoms with van der Waals surface area (Å²) >= 11 is 0. The molecule has 0 bridgehead atoms. The zero-order valence-electron chi connectivity index (χ0n) is 10.4. The van der Waals surface area contributed by atoms with Gasteiger partial charge in [-0.1, -0.05) is 18.2 Å². The van der Waals surface area contributed by atoms with Gasteiger partial charge < -0.3 is 9.73 Å². The lowest BCUT2D eigenvalue weighted by Gasteiger charge is -2.04. The van der Waals surface area contributed by atoms with Crippen LogP contribution in [0.25, 0.3) is 11.1 Å². The number of nitrogens with one attached hydrogen (secondary N) is 1. The molecule has 1 N–H and O–H groups in total. The van der Waals surface area contributed by atoms with Gasteiger partial charge in [-0.15, -0.1) is 0 Å². The zero-order chi connectivity index (χ0) is 13.2. The Hall–Kier alpha value is -2.62. The van der Waals surface area contributed by atoms with E-state index >= 15 is 0 Å². The predicted molar refractivity (Wildman–Crippen MR) is 73.9 cm³/mol. The second kappa shape index (κ2) is 4.57. The number of nitrogens with zero attached hydrogens (tertiary/aromatic N) is 1. The third kappa shape index (κ3) is 2.20. The summed E-state index contributed by atoms with van der Waals surface area (Å²) in [5.74, 6) is 0. The van der Waals surface area contributed by atoms with Crippen LogP contribution in [0.2, 0.25) is 0 Å². The SMILES string of the molecule is Cc1ccccc1Nc1nc2ccc(C=O)cc2o1. The average Bonchev–Trinajstić information content (AvgIpc) is 2.82. The number of hydrogen-bond acceptors (Lipinski definition) is 4. The van der Waals surface area contributed by atoms with Gasteiger partial charge in [0.1, 0.15) is 11.8 Å². The van der Waals surface area contributed by atoms with Crippen LogP contribution in [0.4, 0.5) is 11.7 Å². The number of carbonyl (C=O) groups excluding carboxylic acids is 1. The van der Waals surface area contributed by atoms with Gasteiger partial charge in [0.05, 0.1) is 0 Å². The van der Waals surface area contributed by atoms with Gasteiger partial charge in [-0.05, 0) is 36.8 Å². The molecule has 1 heterocycles. The van der Waals surface area contributed by atoms with Crippen molar-refractivity contribution in [1.82, 2.24) is 4.98 Å². The maximum atomic E-state index is 10.7. The van der Waals surface area contributed by atoms with Crippen LogP contribution in [0, 0.1) is 6.92 Å². The summed E-state index contributed by atoms with van der Waals surface area (Å²) in [5, 5.41) is 3.13. The van der Waals surface area contributed by atoms with Crippen LogP contribution in [0.1, 0.15) is 15.9 Å².